The lowest BCUT2D eigenvalue weighted by Gasteiger charge is -2.31. The SMILES string of the molecule is C=C1CNCCCN(CC2CCCCC2)CCCN(S(=O)(=O)c2ccc(N(C)C)cc2)C1. The summed E-state index contributed by atoms with van der Waals surface area (Å²) in [6.07, 6.45) is 8.77. The first kappa shape index (κ1) is 25.2. The van der Waals surface area contributed by atoms with Crippen LogP contribution in [-0.4, -0.2) is 77.5 Å². The van der Waals surface area contributed by atoms with Gasteiger partial charge in [0, 0.05) is 46.0 Å². The first-order valence-corrected chi connectivity index (χ1v) is 13.7. The molecule has 180 valence electrons. The number of hydrogen-bond acceptors (Lipinski definition) is 5. The summed E-state index contributed by atoms with van der Waals surface area (Å²) in [6, 6.07) is 7.17. The average molecular weight is 463 g/mol. The van der Waals surface area contributed by atoms with Crippen molar-refractivity contribution in [3.05, 3.63) is 36.4 Å². The molecule has 0 amide bonds. The van der Waals surface area contributed by atoms with Gasteiger partial charge in [0.2, 0.25) is 10.0 Å². The first-order chi connectivity index (χ1) is 15.4. The Kier molecular flexibility index (Phi) is 9.59. The lowest BCUT2D eigenvalue weighted by Crippen LogP contribution is -2.39. The number of sulfonamides is 1. The van der Waals surface area contributed by atoms with E-state index in [0.29, 0.717) is 24.5 Å². The molecule has 1 N–H and O–H groups in total. The van der Waals surface area contributed by atoms with Crippen molar-refractivity contribution in [3.63, 3.8) is 0 Å². The van der Waals surface area contributed by atoms with Crippen LogP contribution in [0.3, 0.4) is 0 Å². The molecule has 2 fully saturated rings. The van der Waals surface area contributed by atoms with Gasteiger partial charge in [-0.2, -0.15) is 4.31 Å². The Morgan fingerprint density at radius 3 is 2.38 bits per heavy atom. The summed E-state index contributed by atoms with van der Waals surface area (Å²) in [5.41, 5.74) is 1.91. The molecule has 0 radical (unpaired) electrons. The van der Waals surface area contributed by atoms with Gasteiger partial charge in [-0.1, -0.05) is 25.8 Å². The lowest BCUT2D eigenvalue weighted by atomic mass is 9.89. The Hall–Kier alpha value is -1.41. The summed E-state index contributed by atoms with van der Waals surface area (Å²) in [5.74, 6) is 0.805. The van der Waals surface area contributed by atoms with E-state index in [1.165, 1.54) is 32.1 Å². The third-order valence-corrected chi connectivity index (χ3v) is 8.58. The zero-order valence-electron chi connectivity index (χ0n) is 20.1. The fourth-order valence-electron chi connectivity index (χ4n) is 4.85. The van der Waals surface area contributed by atoms with Crippen LogP contribution < -0.4 is 10.2 Å². The summed E-state index contributed by atoms with van der Waals surface area (Å²) in [6.45, 7) is 9.83. The van der Waals surface area contributed by atoms with Crippen LogP contribution in [0.25, 0.3) is 0 Å². The highest BCUT2D eigenvalue weighted by Crippen LogP contribution is 2.25. The van der Waals surface area contributed by atoms with Crippen molar-refractivity contribution in [2.75, 3.05) is 64.8 Å². The van der Waals surface area contributed by atoms with E-state index in [1.54, 1.807) is 16.4 Å². The van der Waals surface area contributed by atoms with Gasteiger partial charge in [-0.25, -0.2) is 8.42 Å². The quantitative estimate of drug-likeness (QED) is 0.678. The topological polar surface area (TPSA) is 55.9 Å². The Labute approximate surface area is 195 Å². The van der Waals surface area contributed by atoms with Crippen LogP contribution in [0.5, 0.6) is 0 Å². The summed E-state index contributed by atoms with van der Waals surface area (Å²) < 4.78 is 28.6. The predicted molar refractivity (Wildman–Crippen MR) is 134 cm³/mol. The monoisotopic (exact) mass is 462 g/mol. The molecule has 1 saturated heterocycles. The minimum Gasteiger partial charge on any atom is -0.378 e. The second-order valence-electron chi connectivity index (χ2n) is 9.67. The van der Waals surface area contributed by atoms with Gasteiger partial charge in [-0.15, -0.1) is 0 Å². The number of anilines is 1. The zero-order valence-corrected chi connectivity index (χ0v) is 20.9. The van der Waals surface area contributed by atoms with E-state index in [1.807, 2.05) is 31.1 Å². The minimum absolute atomic E-state index is 0.356. The Balaban J connectivity index is 1.69. The fraction of sp³-hybridized carbons (Fsp3) is 0.680. The highest BCUT2D eigenvalue weighted by molar-refractivity contribution is 7.89. The molecule has 6 nitrogen and oxygen atoms in total. The van der Waals surface area contributed by atoms with Gasteiger partial charge >= 0.3 is 0 Å². The van der Waals surface area contributed by atoms with E-state index in [9.17, 15) is 8.42 Å². The fourth-order valence-corrected chi connectivity index (χ4v) is 6.35. The molecule has 0 spiro atoms. The molecule has 1 aliphatic heterocycles. The van der Waals surface area contributed by atoms with Gasteiger partial charge in [0.25, 0.3) is 0 Å². The molecular weight excluding hydrogens is 420 g/mol. The average Bonchev–Trinajstić information content (AvgIpc) is 2.77. The van der Waals surface area contributed by atoms with Gasteiger partial charge in [-0.05, 0) is 81.1 Å². The molecule has 0 bridgehead atoms. The predicted octanol–water partition coefficient (Wildman–Crippen LogP) is 3.57. The minimum atomic E-state index is -3.56. The number of nitrogens with zero attached hydrogens (tertiary/aromatic N) is 3. The molecule has 1 aromatic carbocycles. The smallest absolute Gasteiger partial charge is 0.243 e. The van der Waals surface area contributed by atoms with Crippen molar-refractivity contribution in [1.82, 2.24) is 14.5 Å². The number of rotatable bonds is 5. The molecule has 0 aromatic heterocycles. The van der Waals surface area contributed by atoms with Gasteiger partial charge < -0.3 is 15.1 Å². The second-order valence-corrected chi connectivity index (χ2v) is 11.6. The Morgan fingerprint density at radius 2 is 1.69 bits per heavy atom. The molecule has 32 heavy (non-hydrogen) atoms. The largest absolute Gasteiger partial charge is 0.378 e. The van der Waals surface area contributed by atoms with Crippen LogP contribution in [0.2, 0.25) is 0 Å². The van der Waals surface area contributed by atoms with Crippen molar-refractivity contribution in [3.8, 4) is 0 Å². The van der Waals surface area contributed by atoms with E-state index < -0.39 is 10.0 Å². The van der Waals surface area contributed by atoms with Crippen molar-refractivity contribution >= 4 is 15.7 Å². The summed E-state index contributed by atoms with van der Waals surface area (Å²) in [7, 11) is 0.345. The molecular formula is C25H42N4O2S. The highest BCUT2D eigenvalue weighted by Gasteiger charge is 2.26. The van der Waals surface area contributed by atoms with E-state index in [2.05, 4.69) is 16.8 Å². The molecule has 1 heterocycles. The van der Waals surface area contributed by atoms with Crippen molar-refractivity contribution < 1.29 is 8.42 Å². The number of hydrogen-bond donors (Lipinski definition) is 1. The van der Waals surface area contributed by atoms with Gasteiger partial charge in [0.05, 0.1) is 4.90 Å². The third kappa shape index (κ3) is 7.30. The van der Waals surface area contributed by atoms with E-state index in [-0.39, 0.29) is 0 Å². The number of nitrogens with one attached hydrogen (secondary N) is 1. The Morgan fingerprint density at radius 1 is 1.00 bits per heavy atom. The lowest BCUT2D eigenvalue weighted by molar-refractivity contribution is 0.192. The van der Waals surface area contributed by atoms with E-state index in [4.69, 9.17) is 0 Å². The second kappa shape index (κ2) is 12.2. The van der Waals surface area contributed by atoms with E-state index in [0.717, 1.165) is 56.2 Å². The highest BCUT2D eigenvalue weighted by atomic mass is 32.2. The molecule has 0 unspecified atom stereocenters. The maximum absolute atomic E-state index is 13.5. The van der Waals surface area contributed by atoms with Crippen LogP contribution in [0.4, 0.5) is 5.69 Å². The molecule has 1 aliphatic carbocycles. The van der Waals surface area contributed by atoms with Crippen LogP contribution in [0, 0.1) is 5.92 Å². The summed E-state index contributed by atoms with van der Waals surface area (Å²) in [4.78, 5) is 4.90. The first-order valence-electron chi connectivity index (χ1n) is 12.2. The van der Waals surface area contributed by atoms with Gasteiger partial charge in [0.1, 0.15) is 0 Å². The zero-order chi connectivity index (χ0) is 23.0. The van der Waals surface area contributed by atoms with Gasteiger partial charge in [0.15, 0.2) is 0 Å². The van der Waals surface area contributed by atoms with Crippen molar-refractivity contribution in [1.29, 1.82) is 0 Å². The van der Waals surface area contributed by atoms with Crippen LogP contribution in [-0.2, 0) is 10.0 Å². The molecule has 1 saturated carbocycles. The summed E-state index contributed by atoms with van der Waals surface area (Å²) in [5, 5.41) is 3.46. The molecule has 3 rings (SSSR count). The standard InChI is InChI=1S/C25H42N4O2S/c1-22-19-26-15-7-16-28(21-23-9-5-4-6-10-23)17-8-18-29(20-22)32(30,31)25-13-11-24(12-14-25)27(2)3/h11-14,23,26H,1,4-10,15-21H2,2-3H3. The Bertz CT molecular complexity index is 817. The maximum atomic E-state index is 13.5. The van der Waals surface area contributed by atoms with Gasteiger partial charge in [-0.3, -0.25) is 0 Å². The van der Waals surface area contributed by atoms with Crippen LogP contribution in [0.1, 0.15) is 44.9 Å². The van der Waals surface area contributed by atoms with Crippen molar-refractivity contribution in [2.24, 2.45) is 5.92 Å². The van der Waals surface area contributed by atoms with E-state index >= 15 is 0 Å². The third-order valence-electron chi connectivity index (χ3n) is 6.72. The van der Waals surface area contributed by atoms with Crippen LogP contribution >= 0.6 is 0 Å². The molecule has 1 aromatic rings. The number of benzene rings is 1. The normalized spacial score (nSPS) is 21.6. The van der Waals surface area contributed by atoms with Crippen molar-refractivity contribution in [2.45, 2.75) is 49.8 Å². The summed E-state index contributed by atoms with van der Waals surface area (Å²) >= 11 is 0. The molecule has 2 aliphatic rings. The molecule has 0 atom stereocenters. The van der Waals surface area contributed by atoms with Crippen LogP contribution in [0.15, 0.2) is 41.3 Å². The molecule has 7 heteroatoms. The maximum Gasteiger partial charge on any atom is 0.243 e.